The van der Waals surface area contributed by atoms with Gasteiger partial charge in [-0.1, -0.05) is 71.4 Å². The fourth-order valence-electron chi connectivity index (χ4n) is 8.08. The zero-order valence-electron chi connectivity index (χ0n) is 34.9. The Kier molecular flexibility index (Phi) is 18.2. The van der Waals surface area contributed by atoms with Gasteiger partial charge in [-0.2, -0.15) is 0 Å². The quantitative estimate of drug-likeness (QED) is 0.171. The van der Waals surface area contributed by atoms with Crippen LogP contribution in [0.2, 0.25) is 0 Å². The van der Waals surface area contributed by atoms with Gasteiger partial charge in [0.05, 0.1) is 48.7 Å². The zero-order valence-corrected chi connectivity index (χ0v) is 35.7. The highest BCUT2D eigenvalue weighted by atomic mass is 32.1. The monoisotopic (exact) mass is 785 g/mol. The number of ether oxygens (including phenoxy) is 2. The van der Waals surface area contributed by atoms with E-state index in [0.717, 1.165) is 23.4 Å². The van der Waals surface area contributed by atoms with Gasteiger partial charge in [-0.3, -0.25) is 24.1 Å². The summed E-state index contributed by atoms with van der Waals surface area (Å²) in [6, 6.07) is 6.78. The van der Waals surface area contributed by atoms with E-state index in [1.165, 1.54) is 11.3 Å². The number of thiazole rings is 1. The highest BCUT2D eigenvalue weighted by Gasteiger charge is 2.43. The SMILES string of the molecule is CC[C@H](C)[C@@H]([C@@H](CC(=O)N1CCC[C@H]1[C@H](OC)[C@@H](C)C(=O)N[C@@H](Cc1ccccc1)c1nccs1)OC)N(C)C(=O)[C@@H](NC(=O)[C@H](C(C)C)N(C)C)[C@H](C)N. The van der Waals surface area contributed by atoms with Crippen LogP contribution >= 0.6 is 11.3 Å². The number of aromatic nitrogens is 1. The lowest BCUT2D eigenvalue weighted by Gasteiger charge is -2.41. The van der Waals surface area contributed by atoms with Gasteiger partial charge in [0.25, 0.3) is 0 Å². The number of benzene rings is 1. The first kappa shape index (κ1) is 46.0. The fourth-order valence-corrected chi connectivity index (χ4v) is 8.76. The summed E-state index contributed by atoms with van der Waals surface area (Å²) < 4.78 is 12.0. The normalized spacial score (nSPS) is 19.5. The Bertz CT molecular complexity index is 1490. The Hall–Kier alpha value is -3.43. The van der Waals surface area contributed by atoms with Crippen LogP contribution in [0.5, 0.6) is 0 Å². The number of likely N-dealkylation sites (tertiary alicyclic amines) is 1. The smallest absolute Gasteiger partial charge is 0.246 e. The third-order valence-electron chi connectivity index (χ3n) is 11.2. The summed E-state index contributed by atoms with van der Waals surface area (Å²) in [5.74, 6) is -1.52. The van der Waals surface area contributed by atoms with Crippen LogP contribution in [0.15, 0.2) is 41.9 Å². The molecule has 4 N–H and O–H groups in total. The maximum absolute atomic E-state index is 14.3. The average molecular weight is 786 g/mol. The fraction of sp³-hybridized carbons (Fsp3) is 0.683. The van der Waals surface area contributed by atoms with Crippen LogP contribution in [0.1, 0.15) is 83.8 Å². The van der Waals surface area contributed by atoms with Crippen molar-refractivity contribution in [1.29, 1.82) is 0 Å². The van der Waals surface area contributed by atoms with Crippen molar-refractivity contribution in [2.45, 2.75) is 122 Å². The van der Waals surface area contributed by atoms with E-state index in [0.29, 0.717) is 19.4 Å². The molecule has 1 aliphatic rings. The van der Waals surface area contributed by atoms with Crippen molar-refractivity contribution in [3.05, 3.63) is 52.5 Å². The van der Waals surface area contributed by atoms with Crippen molar-refractivity contribution in [3.8, 4) is 0 Å². The van der Waals surface area contributed by atoms with E-state index in [9.17, 15) is 19.2 Å². The molecule has 1 aliphatic heterocycles. The molecule has 2 aromatic rings. The second kappa shape index (κ2) is 21.8. The number of carbonyl (C=O) groups excluding carboxylic acids is 4. The third kappa shape index (κ3) is 12.0. The van der Waals surface area contributed by atoms with E-state index in [2.05, 4.69) is 15.6 Å². The number of likely N-dealkylation sites (N-methyl/N-ethyl adjacent to an activating group) is 2. The van der Waals surface area contributed by atoms with Gasteiger partial charge in [0.2, 0.25) is 23.6 Å². The van der Waals surface area contributed by atoms with E-state index in [4.69, 9.17) is 15.2 Å². The Morgan fingerprint density at radius 1 is 1.00 bits per heavy atom. The molecule has 0 saturated carbocycles. The highest BCUT2D eigenvalue weighted by molar-refractivity contribution is 7.09. The van der Waals surface area contributed by atoms with Gasteiger partial charge in [-0.25, -0.2) is 4.98 Å². The predicted molar refractivity (Wildman–Crippen MR) is 217 cm³/mol. The molecule has 14 heteroatoms. The van der Waals surface area contributed by atoms with Crippen LogP contribution in [0.3, 0.4) is 0 Å². The Labute approximate surface area is 333 Å². The van der Waals surface area contributed by atoms with Crippen LogP contribution in [-0.2, 0) is 35.1 Å². The lowest BCUT2D eigenvalue weighted by Crippen LogP contribution is -2.62. The average Bonchev–Trinajstić information content (AvgIpc) is 3.87. The molecule has 1 fully saturated rings. The molecule has 3 rings (SSSR count). The van der Waals surface area contributed by atoms with E-state index in [1.807, 2.05) is 94.2 Å². The maximum Gasteiger partial charge on any atom is 0.246 e. The van der Waals surface area contributed by atoms with Crippen molar-refractivity contribution in [2.75, 3.05) is 41.9 Å². The zero-order chi connectivity index (χ0) is 41.0. The van der Waals surface area contributed by atoms with E-state index in [-0.39, 0.29) is 54.0 Å². The van der Waals surface area contributed by atoms with Crippen molar-refractivity contribution in [1.82, 2.24) is 30.3 Å². The van der Waals surface area contributed by atoms with Gasteiger partial charge in [-0.15, -0.1) is 11.3 Å². The summed E-state index contributed by atoms with van der Waals surface area (Å²) >= 11 is 1.50. The number of rotatable bonds is 21. The summed E-state index contributed by atoms with van der Waals surface area (Å²) in [6.45, 7) is 12.1. The van der Waals surface area contributed by atoms with Crippen LogP contribution in [-0.4, -0.2) is 128 Å². The van der Waals surface area contributed by atoms with Crippen LogP contribution in [0.25, 0.3) is 0 Å². The van der Waals surface area contributed by atoms with Crippen molar-refractivity contribution >= 4 is 35.0 Å². The molecule has 1 aromatic heterocycles. The first-order chi connectivity index (χ1) is 26.1. The van der Waals surface area contributed by atoms with Crippen molar-refractivity contribution < 1.29 is 28.7 Å². The molecule has 1 aromatic carbocycles. The van der Waals surface area contributed by atoms with Crippen LogP contribution in [0, 0.1) is 17.8 Å². The van der Waals surface area contributed by atoms with Crippen molar-refractivity contribution in [2.24, 2.45) is 23.5 Å². The summed E-state index contributed by atoms with van der Waals surface area (Å²) in [5.41, 5.74) is 7.42. The summed E-state index contributed by atoms with van der Waals surface area (Å²) in [5, 5.41) is 8.88. The van der Waals surface area contributed by atoms with Crippen LogP contribution < -0.4 is 16.4 Å². The maximum atomic E-state index is 14.3. The highest BCUT2D eigenvalue weighted by Crippen LogP contribution is 2.30. The third-order valence-corrected chi connectivity index (χ3v) is 12.0. The predicted octanol–water partition coefficient (Wildman–Crippen LogP) is 3.88. The van der Waals surface area contributed by atoms with Crippen LogP contribution in [0.4, 0.5) is 0 Å². The van der Waals surface area contributed by atoms with Gasteiger partial charge in [0, 0.05) is 45.4 Å². The number of hydrogen-bond donors (Lipinski definition) is 3. The number of methoxy groups -OCH3 is 2. The molecule has 308 valence electrons. The molecule has 13 nitrogen and oxygen atoms in total. The number of hydrogen-bond acceptors (Lipinski definition) is 10. The second-order valence-electron chi connectivity index (χ2n) is 15.7. The molecule has 10 atom stereocenters. The molecule has 0 radical (unpaired) electrons. The molecule has 0 bridgehead atoms. The number of amides is 4. The van der Waals surface area contributed by atoms with Gasteiger partial charge in [0.1, 0.15) is 11.0 Å². The molecule has 1 saturated heterocycles. The Balaban J connectivity index is 1.79. The van der Waals surface area contributed by atoms with Crippen molar-refractivity contribution in [3.63, 3.8) is 0 Å². The second-order valence-corrected chi connectivity index (χ2v) is 16.6. The minimum absolute atomic E-state index is 0.0119. The minimum atomic E-state index is -0.973. The number of carbonyl (C=O) groups is 4. The summed E-state index contributed by atoms with van der Waals surface area (Å²) in [6.07, 6.45) is 3.33. The van der Waals surface area contributed by atoms with Gasteiger partial charge in [0.15, 0.2) is 0 Å². The van der Waals surface area contributed by atoms with Gasteiger partial charge in [-0.05, 0) is 57.7 Å². The van der Waals surface area contributed by atoms with Gasteiger partial charge < -0.3 is 35.6 Å². The molecular weight excluding hydrogens is 719 g/mol. The first-order valence-electron chi connectivity index (χ1n) is 19.6. The molecule has 0 unspecified atom stereocenters. The molecule has 0 aliphatic carbocycles. The van der Waals surface area contributed by atoms with Gasteiger partial charge >= 0.3 is 0 Å². The molecule has 2 heterocycles. The number of nitrogens with one attached hydrogen (secondary N) is 2. The molecule has 55 heavy (non-hydrogen) atoms. The van der Waals surface area contributed by atoms with E-state index < -0.39 is 42.3 Å². The Morgan fingerprint density at radius 2 is 1.67 bits per heavy atom. The number of nitrogens with two attached hydrogens (primary N) is 1. The first-order valence-corrected chi connectivity index (χ1v) is 20.5. The lowest BCUT2D eigenvalue weighted by atomic mass is 9.89. The van der Waals surface area contributed by atoms with E-state index >= 15 is 0 Å². The Morgan fingerprint density at radius 3 is 2.20 bits per heavy atom. The lowest BCUT2D eigenvalue weighted by molar-refractivity contribution is -0.147. The summed E-state index contributed by atoms with van der Waals surface area (Å²) in [4.78, 5) is 65.5. The van der Waals surface area contributed by atoms with E-state index in [1.54, 1.807) is 39.3 Å². The minimum Gasteiger partial charge on any atom is -0.379 e. The largest absolute Gasteiger partial charge is 0.379 e. The number of nitrogens with zero attached hydrogens (tertiary/aromatic N) is 4. The molecule has 0 spiro atoms. The molecule has 4 amide bonds. The summed E-state index contributed by atoms with van der Waals surface area (Å²) in [7, 11) is 8.51. The standard InChI is InChI=1S/C41H67N7O6S/c1-12-26(4)36(47(9)41(52)34(28(6)42)45-39(51)35(25(2)3)46(7)8)32(53-10)24-33(49)48-21-16-19-31(48)37(54-11)27(5)38(50)44-30(40-43-20-22-55-40)23-29-17-14-13-15-18-29/h13-15,17-18,20,22,25-28,30-32,34-37H,12,16,19,21,23-24,42H2,1-11H3,(H,44,50)(H,45,51)/t26-,27+,28-,30-,31-,32+,34-,35-,36-,37+/m0/s1. The topological polar surface area (TPSA) is 159 Å². The molecular formula is C41H67N7O6S.